The standard InChI is InChI=1S/C18H32N2O/c21-13-18(15-7-8-15,19-16-9-10-16)12-20-11-3-5-14-4-1-2-6-17(14)20/h14-17,19,21H,1-13H2/t14-,17-,18?/m1/s1. The molecule has 3 aliphatic carbocycles. The van der Waals surface area contributed by atoms with E-state index in [1.54, 1.807) is 0 Å². The van der Waals surface area contributed by atoms with Crippen molar-refractivity contribution in [3.63, 3.8) is 0 Å². The Labute approximate surface area is 129 Å². The van der Waals surface area contributed by atoms with E-state index in [9.17, 15) is 5.11 Å². The molecule has 1 heterocycles. The number of piperidine rings is 1. The maximum absolute atomic E-state index is 10.2. The van der Waals surface area contributed by atoms with Gasteiger partial charge in [-0.1, -0.05) is 12.8 Å². The van der Waals surface area contributed by atoms with Crippen LogP contribution in [0.25, 0.3) is 0 Å². The summed E-state index contributed by atoms with van der Waals surface area (Å²) in [6, 6.07) is 1.52. The summed E-state index contributed by atoms with van der Waals surface area (Å²) in [5, 5.41) is 14.1. The Hall–Kier alpha value is -0.120. The minimum Gasteiger partial charge on any atom is -0.394 e. The van der Waals surface area contributed by atoms with E-state index in [-0.39, 0.29) is 5.54 Å². The highest BCUT2D eigenvalue weighted by Crippen LogP contribution is 2.44. The zero-order valence-corrected chi connectivity index (χ0v) is 13.4. The Morgan fingerprint density at radius 2 is 1.71 bits per heavy atom. The minimum absolute atomic E-state index is 0.0144. The molecule has 0 radical (unpaired) electrons. The van der Waals surface area contributed by atoms with Gasteiger partial charge in [0.1, 0.15) is 0 Å². The topological polar surface area (TPSA) is 35.5 Å². The largest absolute Gasteiger partial charge is 0.394 e. The second kappa shape index (κ2) is 5.82. The maximum Gasteiger partial charge on any atom is 0.0628 e. The Morgan fingerprint density at radius 3 is 2.43 bits per heavy atom. The summed E-state index contributed by atoms with van der Waals surface area (Å²) in [7, 11) is 0. The van der Waals surface area contributed by atoms with Gasteiger partial charge in [-0.15, -0.1) is 0 Å². The van der Waals surface area contributed by atoms with Crippen LogP contribution in [0.3, 0.4) is 0 Å². The van der Waals surface area contributed by atoms with Crippen molar-refractivity contribution in [2.24, 2.45) is 11.8 Å². The highest BCUT2D eigenvalue weighted by molar-refractivity contribution is 5.07. The predicted octanol–water partition coefficient (Wildman–Crippen LogP) is 2.53. The molecule has 4 fully saturated rings. The summed E-state index contributed by atoms with van der Waals surface area (Å²) in [6.45, 7) is 2.70. The fraction of sp³-hybridized carbons (Fsp3) is 1.00. The number of aliphatic hydroxyl groups is 1. The summed E-state index contributed by atoms with van der Waals surface area (Å²) < 4.78 is 0. The molecule has 1 aliphatic heterocycles. The summed E-state index contributed by atoms with van der Waals surface area (Å²) in [5.41, 5.74) is 0.0144. The fourth-order valence-electron chi connectivity index (χ4n) is 5.07. The van der Waals surface area contributed by atoms with Crippen molar-refractivity contribution in [1.29, 1.82) is 0 Å². The lowest BCUT2D eigenvalue weighted by atomic mass is 9.77. The summed E-state index contributed by atoms with van der Waals surface area (Å²) >= 11 is 0. The van der Waals surface area contributed by atoms with Crippen LogP contribution in [0.5, 0.6) is 0 Å². The van der Waals surface area contributed by atoms with Crippen LogP contribution in [0.4, 0.5) is 0 Å². The monoisotopic (exact) mass is 292 g/mol. The van der Waals surface area contributed by atoms with Crippen molar-refractivity contribution in [3.05, 3.63) is 0 Å². The van der Waals surface area contributed by atoms with Crippen LogP contribution in [0.15, 0.2) is 0 Å². The molecule has 120 valence electrons. The lowest BCUT2D eigenvalue weighted by Gasteiger charge is -2.48. The summed E-state index contributed by atoms with van der Waals surface area (Å²) in [5.74, 6) is 1.68. The van der Waals surface area contributed by atoms with Crippen LogP contribution in [0.2, 0.25) is 0 Å². The molecule has 3 nitrogen and oxygen atoms in total. The van der Waals surface area contributed by atoms with Crippen molar-refractivity contribution in [2.45, 2.75) is 81.8 Å². The Bertz CT molecular complexity index is 364. The van der Waals surface area contributed by atoms with Crippen molar-refractivity contribution in [1.82, 2.24) is 10.2 Å². The van der Waals surface area contributed by atoms with E-state index < -0.39 is 0 Å². The Balaban J connectivity index is 1.48. The molecule has 0 amide bonds. The van der Waals surface area contributed by atoms with Crippen LogP contribution in [-0.4, -0.2) is 47.3 Å². The van der Waals surface area contributed by atoms with E-state index in [1.807, 2.05) is 0 Å². The lowest BCUT2D eigenvalue weighted by Crippen LogP contribution is -2.62. The van der Waals surface area contributed by atoms with Gasteiger partial charge in [0.05, 0.1) is 12.1 Å². The van der Waals surface area contributed by atoms with Gasteiger partial charge in [-0.3, -0.25) is 4.90 Å². The average molecular weight is 292 g/mol. The quantitative estimate of drug-likeness (QED) is 0.790. The molecule has 4 rings (SSSR count). The molecule has 2 N–H and O–H groups in total. The fourth-order valence-corrected chi connectivity index (χ4v) is 5.07. The second-order valence-corrected chi connectivity index (χ2v) is 8.23. The SMILES string of the molecule is OCC(CN1CCC[C@H]2CCCC[C@H]21)(NC1CC1)C1CC1. The molecule has 1 unspecified atom stereocenters. The van der Waals surface area contributed by atoms with Gasteiger partial charge in [-0.2, -0.15) is 0 Å². The highest BCUT2D eigenvalue weighted by atomic mass is 16.3. The van der Waals surface area contributed by atoms with Crippen LogP contribution in [-0.2, 0) is 0 Å². The maximum atomic E-state index is 10.2. The summed E-state index contributed by atoms with van der Waals surface area (Å²) in [4.78, 5) is 2.78. The average Bonchev–Trinajstić information content (AvgIpc) is 3.39. The Morgan fingerprint density at radius 1 is 0.952 bits per heavy atom. The molecule has 1 saturated heterocycles. The van der Waals surface area contributed by atoms with E-state index >= 15 is 0 Å². The molecule has 0 spiro atoms. The number of rotatable bonds is 6. The molecule has 4 aliphatic rings. The smallest absolute Gasteiger partial charge is 0.0628 e. The summed E-state index contributed by atoms with van der Waals surface area (Å²) in [6.07, 6.45) is 13.8. The van der Waals surface area contributed by atoms with Crippen molar-refractivity contribution >= 4 is 0 Å². The van der Waals surface area contributed by atoms with E-state index in [2.05, 4.69) is 10.2 Å². The van der Waals surface area contributed by atoms with Gasteiger partial charge in [0.15, 0.2) is 0 Å². The molecular formula is C18H32N2O. The zero-order chi connectivity index (χ0) is 14.3. The van der Waals surface area contributed by atoms with Crippen LogP contribution in [0, 0.1) is 11.8 Å². The number of hydrogen-bond acceptors (Lipinski definition) is 3. The van der Waals surface area contributed by atoms with Gasteiger partial charge in [0.25, 0.3) is 0 Å². The molecule has 0 aromatic rings. The van der Waals surface area contributed by atoms with Gasteiger partial charge in [-0.25, -0.2) is 0 Å². The molecular weight excluding hydrogens is 260 g/mol. The number of fused-ring (bicyclic) bond motifs is 1. The van der Waals surface area contributed by atoms with E-state index in [0.29, 0.717) is 12.6 Å². The van der Waals surface area contributed by atoms with Crippen molar-refractivity contribution < 1.29 is 5.11 Å². The minimum atomic E-state index is 0.0144. The first-order valence-corrected chi connectivity index (χ1v) is 9.43. The van der Waals surface area contributed by atoms with Crippen molar-refractivity contribution in [2.75, 3.05) is 19.7 Å². The number of aliphatic hydroxyl groups excluding tert-OH is 1. The van der Waals surface area contributed by atoms with Crippen LogP contribution >= 0.6 is 0 Å². The first kappa shape index (κ1) is 14.5. The molecule has 3 heteroatoms. The van der Waals surface area contributed by atoms with Gasteiger partial charge in [-0.05, 0) is 69.7 Å². The number of likely N-dealkylation sites (tertiary alicyclic amines) is 1. The van der Waals surface area contributed by atoms with E-state index in [1.165, 1.54) is 70.8 Å². The van der Waals surface area contributed by atoms with Crippen LogP contribution < -0.4 is 5.32 Å². The van der Waals surface area contributed by atoms with Gasteiger partial charge >= 0.3 is 0 Å². The first-order chi connectivity index (χ1) is 10.3. The second-order valence-electron chi connectivity index (χ2n) is 8.23. The number of hydrogen-bond donors (Lipinski definition) is 2. The van der Waals surface area contributed by atoms with Gasteiger partial charge in [0.2, 0.25) is 0 Å². The third kappa shape index (κ3) is 3.02. The predicted molar refractivity (Wildman–Crippen MR) is 85.3 cm³/mol. The molecule has 0 bridgehead atoms. The molecule has 0 aromatic heterocycles. The Kier molecular flexibility index (Phi) is 4.01. The normalized spacial score (nSPS) is 37.0. The molecule has 3 saturated carbocycles. The highest BCUT2D eigenvalue weighted by Gasteiger charge is 2.49. The third-order valence-corrected chi connectivity index (χ3v) is 6.55. The van der Waals surface area contributed by atoms with E-state index in [4.69, 9.17) is 0 Å². The van der Waals surface area contributed by atoms with Gasteiger partial charge in [0, 0.05) is 18.6 Å². The molecule has 0 aromatic carbocycles. The van der Waals surface area contributed by atoms with E-state index in [0.717, 1.165) is 24.4 Å². The van der Waals surface area contributed by atoms with Gasteiger partial charge < -0.3 is 10.4 Å². The molecule has 21 heavy (non-hydrogen) atoms. The van der Waals surface area contributed by atoms with Crippen LogP contribution in [0.1, 0.15) is 64.2 Å². The number of nitrogens with zero attached hydrogens (tertiary/aromatic N) is 1. The number of nitrogens with one attached hydrogen (secondary N) is 1. The molecule has 3 atom stereocenters. The lowest BCUT2D eigenvalue weighted by molar-refractivity contribution is 0.0127. The van der Waals surface area contributed by atoms with Crippen molar-refractivity contribution in [3.8, 4) is 0 Å². The zero-order valence-electron chi connectivity index (χ0n) is 13.4. The third-order valence-electron chi connectivity index (χ3n) is 6.55. The first-order valence-electron chi connectivity index (χ1n) is 9.43.